The molecule has 1 heterocycles. The second-order valence-corrected chi connectivity index (χ2v) is 7.39. The van der Waals surface area contributed by atoms with E-state index < -0.39 is 0 Å². The summed E-state index contributed by atoms with van der Waals surface area (Å²) < 4.78 is 11.3. The Morgan fingerprint density at radius 2 is 2.04 bits per heavy atom. The normalized spacial score (nSPS) is 10.8. The zero-order valence-corrected chi connectivity index (χ0v) is 16.3. The largest absolute Gasteiger partial charge is 0.493 e. The molecule has 0 fully saturated rings. The molecule has 4 nitrogen and oxygen atoms in total. The van der Waals surface area contributed by atoms with Crippen molar-refractivity contribution in [1.82, 2.24) is 4.90 Å². The van der Waals surface area contributed by atoms with Crippen LogP contribution >= 0.6 is 11.3 Å². The van der Waals surface area contributed by atoms with Crippen molar-refractivity contribution < 1.29 is 14.3 Å². The summed E-state index contributed by atoms with van der Waals surface area (Å²) in [6.45, 7) is 7.95. The summed E-state index contributed by atoms with van der Waals surface area (Å²) in [6.07, 6.45) is 0.576. The minimum absolute atomic E-state index is 0.189. The summed E-state index contributed by atoms with van der Waals surface area (Å²) in [6, 6.07) is 9.93. The van der Waals surface area contributed by atoms with Gasteiger partial charge in [-0.15, -0.1) is 11.3 Å². The number of amides is 1. The predicted octanol–water partition coefficient (Wildman–Crippen LogP) is 4.73. The standard InChI is InChI=1S/C20H27NO3S/c1-5-21(20(22)11-15(2)3)13-16-8-9-18(19(12-16)23-4)24-14-17-7-6-10-25-17/h6-10,12,15H,5,11,13-14H2,1-4H3. The SMILES string of the molecule is CCN(Cc1ccc(OCc2cccs2)c(OC)c1)C(=O)CC(C)C. The number of carbonyl (C=O) groups excluding carboxylic acids is 1. The van der Waals surface area contributed by atoms with Gasteiger partial charge in [0.05, 0.1) is 7.11 Å². The fourth-order valence-corrected chi connectivity index (χ4v) is 3.16. The molecule has 0 aliphatic heterocycles. The molecule has 0 saturated heterocycles. The van der Waals surface area contributed by atoms with Gasteiger partial charge in [0.15, 0.2) is 11.5 Å². The second kappa shape index (κ2) is 9.47. The third kappa shape index (κ3) is 5.78. The van der Waals surface area contributed by atoms with Gasteiger partial charge in [-0.2, -0.15) is 0 Å². The maximum Gasteiger partial charge on any atom is 0.223 e. The number of hydrogen-bond acceptors (Lipinski definition) is 4. The van der Waals surface area contributed by atoms with Gasteiger partial charge in [0.2, 0.25) is 5.91 Å². The van der Waals surface area contributed by atoms with E-state index in [0.29, 0.717) is 37.8 Å². The van der Waals surface area contributed by atoms with Crippen LogP contribution in [0.5, 0.6) is 11.5 Å². The van der Waals surface area contributed by atoms with Crippen molar-refractivity contribution in [2.45, 2.75) is 40.3 Å². The van der Waals surface area contributed by atoms with Crippen LogP contribution in [-0.2, 0) is 17.9 Å². The molecule has 0 N–H and O–H groups in total. The Morgan fingerprint density at radius 1 is 1.24 bits per heavy atom. The number of benzene rings is 1. The van der Waals surface area contributed by atoms with Crippen LogP contribution in [0, 0.1) is 5.92 Å². The molecular formula is C20H27NO3S. The van der Waals surface area contributed by atoms with Crippen molar-refractivity contribution in [3.05, 3.63) is 46.2 Å². The molecule has 1 aromatic heterocycles. The molecule has 0 aliphatic rings. The molecule has 0 saturated carbocycles. The second-order valence-electron chi connectivity index (χ2n) is 6.36. The molecule has 25 heavy (non-hydrogen) atoms. The molecule has 0 bridgehead atoms. The monoisotopic (exact) mass is 361 g/mol. The van der Waals surface area contributed by atoms with Crippen molar-refractivity contribution in [2.24, 2.45) is 5.92 Å². The van der Waals surface area contributed by atoms with Gasteiger partial charge in [0, 0.05) is 24.4 Å². The van der Waals surface area contributed by atoms with Crippen molar-refractivity contribution in [3.63, 3.8) is 0 Å². The number of hydrogen-bond donors (Lipinski definition) is 0. The number of ether oxygens (including phenoxy) is 2. The first-order valence-electron chi connectivity index (χ1n) is 8.63. The van der Waals surface area contributed by atoms with E-state index in [4.69, 9.17) is 9.47 Å². The quantitative estimate of drug-likeness (QED) is 0.648. The van der Waals surface area contributed by atoms with E-state index in [-0.39, 0.29) is 5.91 Å². The van der Waals surface area contributed by atoms with E-state index in [9.17, 15) is 4.79 Å². The van der Waals surface area contributed by atoms with E-state index in [2.05, 4.69) is 13.8 Å². The van der Waals surface area contributed by atoms with Gasteiger partial charge in [0.25, 0.3) is 0 Å². The number of thiophene rings is 1. The maximum absolute atomic E-state index is 12.3. The molecule has 1 amide bonds. The summed E-state index contributed by atoms with van der Waals surface area (Å²) in [7, 11) is 1.64. The third-order valence-corrected chi connectivity index (χ3v) is 4.72. The highest BCUT2D eigenvalue weighted by molar-refractivity contribution is 7.09. The molecule has 0 aliphatic carbocycles. The highest BCUT2D eigenvalue weighted by Gasteiger charge is 2.15. The Kier molecular flexibility index (Phi) is 7.31. The van der Waals surface area contributed by atoms with Crippen LogP contribution in [-0.4, -0.2) is 24.5 Å². The maximum atomic E-state index is 12.3. The van der Waals surface area contributed by atoms with Crippen molar-refractivity contribution in [3.8, 4) is 11.5 Å². The number of methoxy groups -OCH3 is 1. The van der Waals surface area contributed by atoms with Crippen LogP contribution in [0.1, 0.15) is 37.6 Å². The molecular weight excluding hydrogens is 334 g/mol. The first kappa shape index (κ1) is 19.3. The van der Waals surface area contributed by atoms with Gasteiger partial charge in [-0.3, -0.25) is 4.79 Å². The summed E-state index contributed by atoms with van der Waals surface area (Å²) in [4.78, 5) is 15.4. The van der Waals surface area contributed by atoms with E-state index >= 15 is 0 Å². The van der Waals surface area contributed by atoms with Crippen LogP contribution < -0.4 is 9.47 Å². The number of carbonyl (C=O) groups is 1. The smallest absolute Gasteiger partial charge is 0.223 e. The summed E-state index contributed by atoms with van der Waals surface area (Å²) in [5.41, 5.74) is 1.04. The molecule has 1 aromatic carbocycles. The van der Waals surface area contributed by atoms with Crippen molar-refractivity contribution in [2.75, 3.05) is 13.7 Å². The number of rotatable bonds is 9. The molecule has 136 valence electrons. The Labute approximate surface area is 154 Å². The molecule has 2 rings (SSSR count). The summed E-state index contributed by atoms with van der Waals surface area (Å²) >= 11 is 1.67. The Balaban J connectivity index is 2.05. The predicted molar refractivity (Wildman–Crippen MR) is 102 cm³/mol. The first-order chi connectivity index (χ1) is 12.0. The van der Waals surface area contributed by atoms with Gasteiger partial charge in [0.1, 0.15) is 6.61 Å². The van der Waals surface area contributed by atoms with Crippen LogP contribution in [0.15, 0.2) is 35.7 Å². The zero-order chi connectivity index (χ0) is 18.2. The Hall–Kier alpha value is -2.01. The Bertz CT molecular complexity index is 668. The zero-order valence-electron chi connectivity index (χ0n) is 15.5. The lowest BCUT2D eigenvalue weighted by atomic mass is 10.1. The van der Waals surface area contributed by atoms with Crippen LogP contribution in [0.4, 0.5) is 0 Å². The summed E-state index contributed by atoms with van der Waals surface area (Å²) in [5, 5.41) is 2.03. The highest BCUT2D eigenvalue weighted by atomic mass is 32.1. The first-order valence-corrected chi connectivity index (χ1v) is 9.51. The molecule has 0 unspecified atom stereocenters. The highest BCUT2D eigenvalue weighted by Crippen LogP contribution is 2.30. The van der Waals surface area contributed by atoms with E-state index in [0.717, 1.165) is 11.3 Å². The number of nitrogens with zero attached hydrogens (tertiary/aromatic N) is 1. The van der Waals surface area contributed by atoms with Crippen LogP contribution in [0.2, 0.25) is 0 Å². The molecule has 2 aromatic rings. The summed E-state index contributed by atoms with van der Waals surface area (Å²) in [5.74, 6) is 1.97. The fourth-order valence-electron chi connectivity index (χ4n) is 2.55. The average molecular weight is 362 g/mol. The van der Waals surface area contributed by atoms with Crippen molar-refractivity contribution in [1.29, 1.82) is 0 Å². The molecule has 0 spiro atoms. The van der Waals surface area contributed by atoms with Crippen LogP contribution in [0.3, 0.4) is 0 Å². The van der Waals surface area contributed by atoms with Crippen LogP contribution in [0.25, 0.3) is 0 Å². The minimum atomic E-state index is 0.189. The lowest BCUT2D eigenvalue weighted by Gasteiger charge is -2.22. The van der Waals surface area contributed by atoms with Gasteiger partial charge < -0.3 is 14.4 Å². The van der Waals surface area contributed by atoms with Gasteiger partial charge in [-0.25, -0.2) is 0 Å². The minimum Gasteiger partial charge on any atom is -0.493 e. The van der Waals surface area contributed by atoms with Gasteiger partial charge in [-0.1, -0.05) is 26.0 Å². The molecule has 0 atom stereocenters. The fraction of sp³-hybridized carbons (Fsp3) is 0.450. The van der Waals surface area contributed by atoms with Gasteiger partial charge in [-0.05, 0) is 42.0 Å². The Morgan fingerprint density at radius 3 is 2.64 bits per heavy atom. The van der Waals surface area contributed by atoms with Crippen molar-refractivity contribution >= 4 is 17.2 Å². The average Bonchev–Trinajstić information content (AvgIpc) is 3.11. The molecule has 5 heteroatoms. The lowest BCUT2D eigenvalue weighted by molar-refractivity contribution is -0.132. The lowest BCUT2D eigenvalue weighted by Crippen LogP contribution is -2.31. The molecule has 0 radical (unpaired) electrons. The van der Waals surface area contributed by atoms with E-state index in [1.54, 1.807) is 18.4 Å². The van der Waals surface area contributed by atoms with E-state index in [1.807, 2.05) is 47.5 Å². The van der Waals surface area contributed by atoms with Gasteiger partial charge >= 0.3 is 0 Å². The third-order valence-electron chi connectivity index (χ3n) is 3.87. The van der Waals surface area contributed by atoms with E-state index in [1.165, 1.54) is 4.88 Å². The topological polar surface area (TPSA) is 38.8 Å².